The molecule has 0 spiro atoms. The van der Waals surface area contributed by atoms with Gasteiger partial charge < -0.3 is 9.88 Å². The molecule has 1 aromatic heterocycles. The smallest absolute Gasteiger partial charge is 0.128 e. The highest BCUT2D eigenvalue weighted by Crippen LogP contribution is 2.18. The molecule has 0 atom stereocenters. The number of aromatic nitrogens is 2. The van der Waals surface area contributed by atoms with Gasteiger partial charge in [0.25, 0.3) is 0 Å². The average Bonchev–Trinajstić information content (AvgIpc) is 2.73. The number of hydrogen-bond acceptors (Lipinski definition) is 2. The highest BCUT2D eigenvalue weighted by molar-refractivity contribution is 6.30. The van der Waals surface area contributed by atoms with Gasteiger partial charge in [0.2, 0.25) is 0 Å². The summed E-state index contributed by atoms with van der Waals surface area (Å²) in [6, 6.07) is 12.1. The molecule has 0 unspecified atom stereocenters. The monoisotopic (exact) mass is 289 g/mol. The molecular weight excluding hydrogens is 277 g/mol. The van der Waals surface area contributed by atoms with Gasteiger partial charge in [-0.1, -0.05) is 17.7 Å². The molecule has 0 amide bonds. The van der Waals surface area contributed by atoms with E-state index in [0.717, 1.165) is 22.5 Å². The Balaban J connectivity index is 1.86. The Hall–Kier alpha value is -2.07. The summed E-state index contributed by atoms with van der Waals surface area (Å²) in [7, 11) is 1.88. The fourth-order valence-corrected chi connectivity index (χ4v) is 2.34. The van der Waals surface area contributed by atoms with E-state index in [4.69, 9.17) is 11.6 Å². The standard InChI is InChI=1S/C15H13ClFN3/c1-20-14-8-11(17)5-6-13(14)19-15(20)9-18-12-4-2-3-10(16)7-12/h2-8,18H,9H2,1H3. The molecule has 0 saturated carbocycles. The van der Waals surface area contributed by atoms with Crippen molar-refractivity contribution < 1.29 is 4.39 Å². The van der Waals surface area contributed by atoms with Gasteiger partial charge in [0.1, 0.15) is 11.6 Å². The van der Waals surface area contributed by atoms with E-state index in [1.165, 1.54) is 12.1 Å². The molecule has 2 aromatic carbocycles. The average molecular weight is 290 g/mol. The van der Waals surface area contributed by atoms with Crippen molar-refractivity contribution in [2.45, 2.75) is 6.54 Å². The molecule has 1 N–H and O–H groups in total. The Morgan fingerprint density at radius 3 is 2.90 bits per heavy atom. The first-order valence-electron chi connectivity index (χ1n) is 6.24. The zero-order chi connectivity index (χ0) is 14.1. The first kappa shape index (κ1) is 12.9. The maximum atomic E-state index is 13.2. The summed E-state index contributed by atoms with van der Waals surface area (Å²) in [5.74, 6) is 0.584. The number of hydrogen-bond donors (Lipinski definition) is 1. The third kappa shape index (κ3) is 2.47. The molecule has 0 aliphatic carbocycles. The SMILES string of the molecule is Cn1c(CNc2cccc(Cl)c2)nc2ccc(F)cc21. The molecule has 3 aromatic rings. The number of imidazole rings is 1. The second-order valence-corrected chi connectivity index (χ2v) is 5.02. The van der Waals surface area contributed by atoms with Crippen molar-refractivity contribution >= 4 is 28.3 Å². The lowest BCUT2D eigenvalue weighted by atomic mass is 10.3. The normalized spacial score (nSPS) is 10.9. The van der Waals surface area contributed by atoms with Crippen LogP contribution in [0, 0.1) is 5.82 Å². The Bertz CT molecular complexity index is 767. The lowest BCUT2D eigenvalue weighted by Crippen LogP contribution is -2.05. The first-order valence-corrected chi connectivity index (χ1v) is 6.61. The van der Waals surface area contributed by atoms with Crippen LogP contribution < -0.4 is 5.32 Å². The largest absolute Gasteiger partial charge is 0.378 e. The van der Waals surface area contributed by atoms with E-state index in [1.807, 2.05) is 35.9 Å². The Kier molecular flexibility index (Phi) is 3.32. The fourth-order valence-electron chi connectivity index (χ4n) is 2.15. The fraction of sp³-hybridized carbons (Fsp3) is 0.133. The summed E-state index contributed by atoms with van der Waals surface area (Å²) in [6.45, 7) is 0.549. The zero-order valence-corrected chi connectivity index (χ0v) is 11.7. The summed E-state index contributed by atoms with van der Waals surface area (Å²) in [5, 5.41) is 3.94. The van der Waals surface area contributed by atoms with Gasteiger partial charge >= 0.3 is 0 Å². The van der Waals surface area contributed by atoms with Crippen molar-refractivity contribution in [3.63, 3.8) is 0 Å². The quantitative estimate of drug-likeness (QED) is 0.790. The van der Waals surface area contributed by atoms with Crippen LogP contribution in [-0.2, 0) is 13.6 Å². The van der Waals surface area contributed by atoms with Gasteiger partial charge in [0.05, 0.1) is 17.6 Å². The lowest BCUT2D eigenvalue weighted by molar-refractivity contribution is 0.628. The molecule has 1 heterocycles. The van der Waals surface area contributed by atoms with Crippen molar-refractivity contribution in [2.75, 3.05) is 5.32 Å². The van der Waals surface area contributed by atoms with E-state index in [0.29, 0.717) is 11.6 Å². The van der Waals surface area contributed by atoms with E-state index < -0.39 is 0 Å². The number of nitrogens with one attached hydrogen (secondary N) is 1. The van der Waals surface area contributed by atoms with E-state index >= 15 is 0 Å². The number of nitrogens with zero attached hydrogens (tertiary/aromatic N) is 2. The van der Waals surface area contributed by atoms with Crippen LogP contribution in [0.25, 0.3) is 11.0 Å². The highest BCUT2D eigenvalue weighted by Gasteiger charge is 2.08. The van der Waals surface area contributed by atoms with Crippen molar-refractivity contribution in [3.8, 4) is 0 Å². The molecule has 5 heteroatoms. The van der Waals surface area contributed by atoms with E-state index in [2.05, 4.69) is 10.3 Å². The van der Waals surface area contributed by atoms with Crippen molar-refractivity contribution in [3.05, 3.63) is 59.1 Å². The van der Waals surface area contributed by atoms with Crippen LogP contribution in [-0.4, -0.2) is 9.55 Å². The van der Waals surface area contributed by atoms with E-state index in [-0.39, 0.29) is 5.82 Å². The number of rotatable bonds is 3. The van der Waals surface area contributed by atoms with Gasteiger partial charge in [-0.05, 0) is 36.4 Å². The predicted octanol–water partition coefficient (Wildman–Crippen LogP) is 3.98. The molecule has 3 nitrogen and oxygen atoms in total. The molecule has 0 aliphatic heterocycles. The van der Waals surface area contributed by atoms with Crippen LogP contribution >= 0.6 is 11.6 Å². The third-order valence-electron chi connectivity index (χ3n) is 3.21. The Morgan fingerprint density at radius 1 is 1.25 bits per heavy atom. The number of benzene rings is 2. The summed E-state index contributed by atoms with van der Waals surface area (Å²) in [5.41, 5.74) is 2.50. The van der Waals surface area contributed by atoms with Crippen LogP contribution in [0.4, 0.5) is 10.1 Å². The summed E-state index contributed by atoms with van der Waals surface area (Å²) >= 11 is 5.94. The van der Waals surface area contributed by atoms with Crippen LogP contribution in [0.5, 0.6) is 0 Å². The molecule has 0 bridgehead atoms. The van der Waals surface area contributed by atoms with E-state index in [1.54, 1.807) is 6.07 Å². The minimum Gasteiger partial charge on any atom is -0.378 e. The summed E-state index contributed by atoms with van der Waals surface area (Å²) < 4.78 is 15.1. The molecule has 0 saturated heterocycles. The number of aryl methyl sites for hydroxylation is 1. The highest BCUT2D eigenvalue weighted by atomic mass is 35.5. The molecular formula is C15H13ClFN3. The summed E-state index contributed by atoms with van der Waals surface area (Å²) in [6.07, 6.45) is 0. The molecule has 3 rings (SSSR count). The topological polar surface area (TPSA) is 29.9 Å². The minimum absolute atomic E-state index is 0.255. The second-order valence-electron chi connectivity index (χ2n) is 4.58. The van der Waals surface area contributed by atoms with Crippen LogP contribution in [0.2, 0.25) is 5.02 Å². The maximum absolute atomic E-state index is 13.2. The minimum atomic E-state index is -0.255. The first-order chi connectivity index (χ1) is 9.63. The van der Waals surface area contributed by atoms with Gasteiger partial charge in [-0.2, -0.15) is 0 Å². The van der Waals surface area contributed by atoms with Crippen molar-refractivity contribution in [1.82, 2.24) is 9.55 Å². The van der Waals surface area contributed by atoms with Gasteiger partial charge in [-0.15, -0.1) is 0 Å². The summed E-state index contributed by atoms with van der Waals surface area (Å²) in [4.78, 5) is 4.49. The van der Waals surface area contributed by atoms with Crippen molar-refractivity contribution in [2.24, 2.45) is 7.05 Å². The van der Waals surface area contributed by atoms with Gasteiger partial charge in [0.15, 0.2) is 0 Å². The lowest BCUT2D eigenvalue weighted by Gasteiger charge is -2.06. The number of fused-ring (bicyclic) bond motifs is 1. The van der Waals surface area contributed by atoms with Gasteiger partial charge in [0, 0.05) is 17.8 Å². The second kappa shape index (κ2) is 5.13. The Labute approximate surface area is 121 Å². The zero-order valence-electron chi connectivity index (χ0n) is 10.9. The Morgan fingerprint density at radius 2 is 2.10 bits per heavy atom. The molecule has 0 aliphatic rings. The number of halogens is 2. The molecule has 0 fully saturated rings. The molecule has 102 valence electrons. The predicted molar refractivity (Wildman–Crippen MR) is 79.5 cm³/mol. The number of anilines is 1. The van der Waals surface area contributed by atoms with Crippen LogP contribution in [0.3, 0.4) is 0 Å². The molecule has 0 radical (unpaired) electrons. The van der Waals surface area contributed by atoms with Crippen molar-refractivity contribution in [1.29, 1.82) is 0 Å². The van der Waals surface area contributed by atoms with Crippen LogP contribution in [0.15, 0.2) is 42.5 Å². The third-order valence-corrected chi connectivity index (χ3v) is 3.45. The molecule has 20 heavy (non-hydrogen) atoms. The maximum Gasteiger partial charge on any atom is 0.128 e. The van der Waals surface area contributed by atoms with Gasteiger partial charge in [-0.25, -0.2) is 9.37 Å². The van der Waals surface area contributed by atoms with Gasteiger partial charge in [-0.3, -0.25) is 0 Å². The van der Waals surface area contributed by atoms with Crippen LogP contribution in [0.1, 0.15) is 5.82 Å². The van der Waals surface area contributed by atoms with E-state index in [9.17, 15) is 4.39 Å².